The van der Waals surface area contributed by atoms with E-state index in [0.717, 1.165) is 28.3 Å². The molecule has 2 aromatic carbocycles. The highest BCUT2D eigenvalue weighted by Crippen LogP contribution is 2.18. The average Bonchev–Trinajstić information content (AvgIpc) is 2.55. The Morgan fingerprint density at radius 1 is 1.04 bits per heavy atom. The summed E-state index contributed by atoms with van der Waals surface area (Å²) in [5.41, 5.74) is 3.08. The van der Waals surface area contributed by atoms with Gasteiger partial charge in [-0.1, -0.05) is 12.1 Å². The van der Waals surface area contributed by atoms with Crippen LogP contribution in [0.25, 0.3) is 0 Å². The van der Waals surface area contributed by atoms with E-state index in [9.17, 15) is 4.79 Å². The maximum atomic E-state index is 12.0. The second-order valence-corrected chi connectivity index (χ2v) is 5.49. The third kappa shape index (κ3) is 5.33. The minimum absolute atomic E-state index is 0.0111. The van der Waals surface area contributed by atoms with Gasteiger partial charge in [-0.2, -0.15) is 0 Å². The number of amides is 1. The standard InChI is InChI=1S/C19H23NO3/c1-14-6-7-15(2)18(13-14)20-19(21)5-4-12-23-17-10-8-16(22-3)9-11-17/h6-11,13H,4-5,12H2,1-3H3,(H,20,21). The summed E-state index contributed by atoms with van der Waals surface area (Å²) in [5, 5.41) is 2.95. The maximum Gasteiger partial charge on any atom is 0.224 e. The third-order valence-corrected chi connectivity index (χ3v) is 3.54. The lowest BCUT2D eigenvalue weighted by molar-refractivity contribution is -0.116. The Morgan fingerprint density at radius 3 is 2.43 bits per heavy atom. The van der Waals surface area contributed by atoms with Crippen molar-refractivity contribution in [2.75, 3.05) is 19.0 Å². The van der Waals surface area contributed by atoms with Crippen molar-refractivity contribution in [3.05, 3.63) is 53.6 Å². The smallest absolute Gasteiger partial charge is 0.224 e. The molecule has 4 nitrogen and oxygen atoms in total. The minimum Gasteiger partial charge on any atom is -0.497 e. The van der Waals surface area contributed by atoms with E-state index < -0.39 is 0 Å². The van der Waals surface area contributed by atoms with Crippen molar-refractivity contribution in [3.63, 3.8) is 0 Å². The summed E-state index contributed by atoms with van der Waals surface area (Å²) in [6.45, 7) is 4.51. The first-order valence-electron chi connectivity index (χ1n) is 7.72. The van der Waals surface area contributed by atoms with Crippen LogP contribution in [-0.2, 0) is 4.79 Å². The molecule has 0 aliphatic heterocycles. The fourth-order valence-electron chi connectivity index (χ4n) is 2.18. The van der Waals surface area contributed by atoms with Crippen molar-refractivity contribution < 1.29 is 14.3 Å². The van der Waals surface area contributed by atoms with Gasteiger partial charge in [0.05, 0.1) is 13.7 Å². The van der Waals surface area contributed by atoms with E-state index in [0.29, 0.717) is 19.4 Å². The van der Waals surface area contributed by atoms with Crippen molar-refractivity contribution in [2.24, 2.45) is 0 Å². The molecule has 1 amide bonds. The number of benzene rings is 2. The summed E-state index contributed by atoms with van der Waals surface area (Å²) in [4.78, 5) is 12.0. The largest absolute Gasteiger partial charge is 0.497 e. The summed E-state index contributed by atoms with van der Waals surface area (Å²) >= 11 is 0. The Hall–Kier alpha value is -2.49. The predicted octanol–water partition coefficient (Wildman–Crippen LogP) is 4.11. The molecule has 2 rings (SSSR count). The number of hydrogen-bond donors (Lipinski definition) is 1. The van der Waals surface area contributed by atoms with Crippen LogP contribution in [0.3, 0.4) is 0 Å². The Kier molecular flexibility index (Phi) is 6.03. The van der Waals surface area contributed by atoms with Gasteiger partial charge in [-0.3, -0.25) is 4.79 Å². The Balaban J connectivity index is 1.73. The van der Waals surface area contributed by atoms with Crippen molar-refractivity contribution in [1.29, 1.82) is 0 Å². The van der Waals surface area contributed by atoms with Crippen LogP contribution in [0, 0.1) is 13.8 Å². The summed E-state index contributed by atoms with van der Waals surface area (Å²) < 4.78 is 10.7. The van der Waals surface area contributed by atoms with Crippen molar-refractivity contribution in [2.45, 2.75) is 26.7 Å². The SMILES string of the molecule is COc1ccc(OCCCC(=O)Nc2cc(C)ccc2C)cc1. The molecule has 122 valence electrons. The molecule has 0 heterocycles. The van der Waals surface area contributed by atoms with E-state index >= 15 is 0 Å². The van der Waals surface area contributed by atoms with Crippen LogP contribution >= 0.6 is 0 Å². The number of ether oxygens (including phenoxy) is 2. The Morgan fingerprint density at radius 2 is 1.74 bits per heavy atom. The molecule has 1 N–H and O–H groups in total. The number of methoxy groups -OCH3 is 1. The molecule has 0 fully saturated rings. The predicted molar refractivity (Wildman–Crippen MR) is 92.3 cm³/mol. The number of aryl methyl sites for hydroxylation is 2. The number of hydrogen-bond acceptors (Lipinski definition) is 3. The lowest BCUT2D eigenvalue weighted by Crippen LogP contribution is -2.13. The van der Waals surface area contributed by atoms with Crippen molar-refractivity contribution in [1.82, 2.24) is 0 Å². The third-order valence-electron chi connectivity index (χ3n) is 3.54. The topological polar surface area (TPSA) is 47.6 Å². The zero-order valence-corrected chi connectivity index (χ0v) is 13.9. The van der Waals surface area contributed by atoms with Gasteiger partial charge in [0, 0.05) is 12.1 Å². The highest BCUT2D eigenvalue weighted by atomic mass is 16.5. The summed E-state index contributed by atoms with van der Waals surface area (Å²) in [6, 6.07) is 13.4. The van der Waals surface area contributed by atoms with E-state index in [4.69, 9.17) is 9.47 Å². The molecule has 0 bridgehead atoms. The molecule has 0 aliphatic rings. The van der Waals surface area contributed by atoms with Gasteiger partial charge in [0.1, 0.15) is 11.5 Å². The second-order valence-electron chi connectivity index (χ2n) is 5.49. The summed E-state index contributed by atoms with van der Waals surface area (Å²) in [6.07, 6.45) is 1.10. The quantitative estimate of drug-likeness (QED) is 0.783. The van der Waals surface area contributed by atoms with Crippen LogP contribution in [0.1, 0.15) is 24.0 Å². The van der Waals surface area contributed by atoms with Gasteiger partial charge < -0.3 is 14.8 Å². The van der Waals surface area contributed by atoms with Gasteiger partial charge in [0.2, 0.25) is 5.91 Å². The van der Waals surface area contributed by atoms with Crippen LogP contribution in [0.5, 0.6) is 11.5 Å². The van der Waals surface area contributed by atoms with Gasteiger partial charge in [-0.15, -0.1) is 0 Å². The summed E-state index contributed by atoms with van der Waals surface area (Å²) in [5.74, 6) is 1.59. The molecule has 0 spiro atoms. The van der Waals surface area contributed by atoms with Crippen LogP contribution in [0.15, 0.2) is 42.5 Å². The van der Waals surface area contributed by atoms with E-state index in [2.05, 4.69) is 5.32 Å². The molecule has 0 atom stereocenters. The number of rotatable bonds is 7. The lowest BCUT2D eigenvalue weighted by atomic mass is 10.1. The monoisotopic (exact) mass is 313 g/mol. The normalized spacial score (nSPS) is 10.2. The zero-order chi connectivity index (χ0) is 16.7. The average molecular weight is 313 g/mol. The number of anilines is 1. The van der Waals surface area contributed by atoms with Crippen LogP contribution < -0.4 is 14.8 Å². The van der Waals surface area contributed by atoms with E-state index in [1.807, 2.05) is 56.3 Å². The molecule has 0 saturated carbocycles. The van der Waals surface area contributed by atoms with Gasteiger partial charge >= 0.3 is 0 Å². The number of carbonyl (C=O) groups excluding carboxylic acids is 1. The van der Waals surface area contributed by atoms with Crippen molar-refractivity contribution >= 4 is 11.6 Å². The zero-order valence-electron chi connectivity index (χ0n) is 13.9. The molecule has 4 heteroatoms. The first-order chi connectivity index (χ1) is 11.1. The summed E-state index contributed by atoms with van der Waals surface area (Å²) in [7, 11) is 1.63. The first kappa shape index (κ1) is 16.9. The fourth-order valence-corrected chi connectivity index (χ4v) is 2.18. The molecule has 0 saturated heterocycles. The Labute approximate surface area is 137 Å². The van der Waals surface area contributed by atoms with Gasteiger partial charge in [0.25, 0.3) is 0 Å². The fraction of sp³-hybridized carbons (Fsp3) is 0.316. The van der Waals surface area contributed by atoms with Gasteiger partial charge in [-0.05, 0) is 61.7 Å². The molecule has 0 unspecified atom stereocenters. The van der Waals surface area contributed by atoms with Gasteiger partial charge in [0.15, 0.2) is 0 Å². The number of carbonyl (C=O) groups is 1. The first-order valence-corrected chi connectivity index (χ1v) is 7.72. The molecule has 0 aromatic heterocycles. The van der Waals surface area contributed by atoms with Crippen LogP contribution in [0.4, 0.5) is 5.69 Å². The van der Waals surface area contributed by atoms with E-state index in [1.165, 1.54) is 0 Å². The second kappa shape index (κ2) is 8.22. The van der Waals surface area contributed by atoms with E-state index in [1.54, 1.807) is 7.11 Å². The molecule has 0 aliphatic carbocycles. The maximum absolute atomic E-state index is 12.0. The van der Waals surface area contributed by atoms with E-state index in [-0.39, 0.29) is 5.91 Å². The molecular formula is C19H23NO3. The van der Waals surface area contributed by atoms with Crippen LogP contribution in [0.2, 0.25) is 0 Å². The molecular weight excluding hydrogens is 290 g/mol. The lowest BCUT2D eigenvalue weighted by Gasteiger charge is -2.10. The van der Waals surface area contributed by atoms with Crippen LogP contribution in [-0.4, -0.2) is 19.6 Å². The number of nitrogens with one attached hydrogen (secondary N) is 1. The Bertz CT molecular complexity index is 650. The molecule has 0 radical (unpaired) electrons. The highest BCUT2D eigenvalue weighted by Gasteiger charge is 2.05. The van der Waals surface area contributed by atoms with Gasteiger partial charge in [-0.25, -0.2) is 0 Å². The highest BCUT2D eigenvalue weighted by molar-refractivity contribution is 5.91. The molecule has 2 aromatic rings. The minimum atomic E-state index is 0.0111. The molecule has 23 heavy (non-hydrogen) atoms. The van der Waals surface area contributed by atoms with Crippen molar-refractivity contribution in [3.8, 4) is 11.5 Å².